The fourth-order valence-corrected chi connectivity index (χ4v) is 1.53. The molecule has 0 aliphatic heterocycles. The molecule has 0 fully saturated rings. The Morgan fingerprint density at radius 1 is 1.46 bits per heavy atom. The Labute approximate surface area is 76.5 Å². The van der Waals surface area contributed by atoms with Crippen LogP contribution in [0.2, 0.25) is 0 Å². The molecule has 2 N–H and O–H groups in total. The average molecular weight is 196 g/mol. The minimum atomic E-state index is -3.24. The normalized spacial score (nSPS) is 10.8. The number of hydrogen-bond acceptors (Lipinski definition) is 4. The van der Waals surface area contributed by atoms with E-state index in [1.807, 2.05) is 6.07 Å². The zero-order chi connectivity index (χ0) is 10.1. The van der Waals surface area contributed by atoms with Crippen LogP contribution in [0.15, 0.2) is 23.1 Å². The third-order valence-electron chi connectivity index (χ3n) is 1.57. The smallest absolute Gasteiger partial charge is 0.175 e. The van der Waals surface area contributed by atoms with Crippen LogP contribution in [-0.4, -0.2) is 14.7 Å². The molecule has 1 rings (SSSR count). The van der Waals surface area contributed by atoms with Gasteiger partial charge in [-0.15, -0.1) is 0 Å². The molecule has 0 unspecified atom stereocenters. The molecule has 0 bridgehead atoms. The standard InChI is InChI=1S/C8H8N2O2S/c1-13(11,12)7-3-2-6(5-9)8(10)4-7/h2-4H,10H2,1H3. The van der Waals surface area contributed by atoms with Gasteiger partial charge in [0.1, 0.15) is 6.07 Å². The first kappa shape index (κ1) is 9.55. The molecule has 68 valence electrons. The number of nitrogen functional groups attached to an aromatic ring is 1. The summed E-state index contributed by atoms with van der Waals surface area (Å²) >= 11 is 0. The Morgan fingerprint density at radius 3 is 2.46 bits per heavy atom. The van der Waals surface area contributed by atoms with Crippen molar-refractivity contribution in [3.8, 4) is 6.07 Å². The molecule has 0 aliphatic carbocycles. The quantitative estimate of drug-likeness (QED) is 0.664. The van der Waals surface area contributed by atoms with Crippen LogP contribution in [-0.2, 0) is 9.84 Å². The van der Waals surface area contributed by atoms with Crippen molar-refractivity contribution in [2.45, 2.75) is 4.90 Å². The maximum absolute atomic E-state index is 11.0. The number of nitrogens with two attached hydrogens (primary N) is 1. The minimum absolute atomic E-state index is 0.129. The molecule has 1 aromatic rings. The van der Waals surface area contributed by atoms with E-state index in [1.54, 1.807) is 0 Å². The highest BCUT2D eigenvalue weighted by Crippen LogP contribution is 2.16. The summed E-state index contributed by atoms with van der Waals surface area (Å²) in [6, 6.07) is 5.90. The summed E-state index contributed by atoms with van der Waals surface area (Å²) in [4.78, 5) is 0.129. The summed E-state index contributed by atoms with van der Waals surface area (Å²) < 4.78 is 22.1. The number of anilines is 1. The Balaban J connectivity index is 3.36. The third kappa shape index (κ3) is 1.98. The Kier molecular flexibility index (Phi) is 2.26. The second-order valence-electron chi connectivity index (χ2n) is 2.63. The molecule has 0 radical (unpaired) electrons. The fraction of sp³-hybridized carbons (Fsp3) is 0.125. The number of sulfone groups is 1. The second kappa shape index (κ2) is 3.07. The molecule has 0 amide bonds. The van der Waals surface area contributed by atoms with Gasteiger partial charge in [0.2, 0.25) is 0 Å². The molecule has 0 aromatic heterocycles. The number of benzene rings is 1. The van der Waals surface area contributed by atoms with Crippen LogP contribution in [0.25, 0.3) is 0 Å². The number of nitrogens with zero attached hydrogens (tertiary/aromatic N) is 1. The first-order valence-corrected chi connectivity index (χ1v) is 5.34. The maximum Gasteiger partial charge on any atom is 0.175 e. The van der Waals surface area contributed by atoms with Gasteiger partial charge in [0.25, 0.3) is 0 Å². The number of nitriles is 1. The molecule has 0 aliphatic rings. The van der Waals surface area contributed by atoms with Crippen LogP contribution in [0.3, 0.4) is 0 Å². The molecule has 1 aromatic carbocycles. The first-order valence-electron chi connectivity index (χ1n) is 3.45. The van der Waals surface area contributed by atoms with E-state index in [4.69, 9.17) is 11.0 Å². The lowest BCUT2D eigenvalue weighted by molar-refractivity contribution is 0.602. The van der Waals surface area contributed by atoms with Crippen molar-refractivity contribution in [2.24, 2.45) is 0 Å². The predicted molar refractivity (Wildman–Crippen MR) is 48.7 cm³/mol. The molecule has 0 atom stereocenters. The lowest BCUT2D eigenvalue weighted by Gasteiger charge is -2.00. The minimum Gasteiger partial charge on any atom is -0.398 e. The molecule has 0 heterocycles. The summed E-state index contributed by atoms with van der Waals surface area (Å²) in [6.45, 7) is 0. The second-order valence-corrected chi connectivity index (χ2v) is 4.65. The molecule has 0 saturated heterocycles. The van der Waals surface area contributed by atoms with Gasteiger partial charge in [0.05, 0.1) is 16.1 Å². The molecule has 13 heavy (non-hydrogen) atoms. The van der Waals surface area contributed by atoms with E-state index in [-0.39, 0.29) is 16.1 Å². The van der Waals surface area contributed by atoms with Gasteiger partial charge in [-0.3, -0.25) is 0 Å². The lowest BCUT2D eigenvalue weighted by atomic mass is 10.2. The van der Waals surface area contributed by atoms with Gasteiger partial charge in [-0.2, -0.15) is 5.26 Å². The van der Waals surface area contributed by atoms with Crippen molar-refractivity contribution in [3.63, 3.8) is 0 Å². The van der Waals surface area contributed by atoms with Crippen molar-refractivity contribution < 1.29 is 8.42 Å². The zero-order valence-electron chi connectivity index (χ0n) is 6.98. The van der Waals surface area contributed by atoms with Gasteiger partial charge in [0.15, 0.2) is 9.84 Å². The maximum atomic E-state index is 11.0. The summed E-state index contributed by atoms with van der Waals surface area (Å²) in [6.07, 6.45) is 1.09. The van der Waals surface area contributed by atoms with E-state index in [1.165, 1.54) is 18.2 Å². The van der Waals surface area contributed by atoms with E-state index in [0.717, 1.165) is 6.26 Å². The monoisotopic (exact) mass is 196 g/mol. The van der Waals surface area contributed by atoms with E-state index >= 15 is 0 Å². The van der Waals surface area contributed by atoms with Crippen molar-refractivity contribution in [1.82, 2.24) is 0 Å². The molecular formula is C8H8N2O2S. The summed E-state index contributed by atoms with van der Waals surface area (Å²) in [7, 11) is -3.24. The van der Waals surface area contributed by atoms with Gasteiger partial charge in [-0.05, 0) is 18.2 Å². The van der Waals surface area contributed by atoms with Crippen molar-refractivity contribution in [3.05, 3.63) is 23.8 Å². The van der Waals surface area contributed by atoms with E-state index < -0.39 is 9.84 Å². The van der Waals surface area contributed by atoms with Crippen LogP contribution in [0, 0.1) is 11.3 Å². The first-order chi connectivity index (χ1) is 5.95. The van der Waals surface area contributed by atoms with Crippen molar-refractivity contribution in [1.29, 1.82) is 5.26 Å². The van der Waals surface area contributed by atoms with Gasteiger partial charge in [0, 0.05) is 6.26 Å². The summed E-state index contributed by atoms with van der Waals surface area (Å²) in [5, 5.41) is 8.53. The molecular weight excluding hydrogens is 188 g/mol. The van der Waals surface area contributed by atoms with Gasteiger partial charge in [-0.25, -0.2) is 8.42 Å². The SMILES string of the molecule is CS(=O)(=O)c1ccc(C#N)c(N)c1. The zero-order valence-corrected chi connectivity index (χ0v) is 7.80. The van der Waals surface area contributed by atoms with Crippen LogP contribution < -0.4 is 5.73 Å². The highest BCUT2D eigenvalue weighted by Gasteiger charge is 2.08. The van der Waals surface area contributed by atoms with Crippen LogP contribution in [0.4, 0.5) is 5.69 Å². The van der Waals surface area contributed by atoms with Crippen LogP contribution >= 0.6 is 0 Å². The Hall–Kier alpha value is -1.54. The van der Waals surface area contributed by atoms with Crippen LogP contribution in [0.5, 0.6) is 0 Å². The average Bonchev–Trinajstić information content (AvgIpc) is 2.02. The fourth-order valence-electron chi connectivity index (χ4n) is 0.873. The van der Waals surface area contributed by atoms with E-state index in [2.05, 4.69) is 0 Å². The lowest BCUT2D eigenvalue weighted by Crippen LogP contribution is -1.99. The molecule has 0 saturated carbocycles. The summed E-state index contributed by atoms with van der Waals surface area (Å²) in [5.74, 6) is 0. The molecule has 5 heteroatoms. The van der Waals surface area contributed by atoms with Crippen molar-refractivity contribution >= 4 is 15.5 Å². The van der Waals surface area contributed by atoms with Gasteiger partial charge < -0.3 is 5.73 Å². The highest BCUT2D eigenvalue weighted by molar-refractivity contribution is 7.90. The molecule has 4 nitrogen and oxygen atoms in total. The number of hydrogen-bond donors (Lipinski definition) is 1. The van der Waals surface area contributed by atoms with Crippen molar-refractivity contribution in [2.75, 3.05) is 12.0 Å². The Bertz CT molecular complexity index is 471. The third-order valence-corrected chi connectivity index (χ3v) is 2.68. The highest BCUT2D eigenvalue weighted by atomic mass is 32.2. The van der Waals surface area contributed by atoms with Crippen LogP contribution in [0.1, 0.15) is 5.56 Å². The largest absolute Gasteiger partial charge is 0.398 e. The van der Waals surface area contributed by atoms with E-state index in [9.17, 15) is 8.42 Å². The van der Waals surface area contributed by atoms with Gasteiger partial charge in [-0.1, -0.05) is 0 Å². The van der Waals surface area contributed by atoms with E-state index in [0.29, 0.717) is 0 Å². The van der Waals surface area contributed by atoms with Gasteiger partial charge >= 0.3 is 0 Å². The molecule has 0 spiro atoms. The number of rotatable bonds is 1. The topological polar surface area (TPSA) is 84.0 Å². The summed E-state index contributed by atoms with van der Waals surface area (Å²) in [5.41, 5.74) is 5.91. The Morgan fingerprint density at radius 2 is 2.08 bits per heavy atom. The predicted octanol–water partition coefficient (Wildman–Crippen LogP) is 0.544.